The zero-order chi connectivity index (χ0) is 30.3. The number of nitrogens with zero attached hydrogens (tertiary/aromatic N) is 2. The maximum Gasteiger partial charge on any atom is 0.269 e. The number of H-pyrrole nitrogens is 1. The van der Waals surface area contributed by atoms with Crippen molar-refractivity contribution in [2.75, 3.05) is 23.3 Å². The Kier molecular flexibility index (Phi) is 7.21. The second-order valence-electron chi connectivity index (χ2n) is 12.0. The number of nitro groups is 1. The second kappa shape index (κ2) is 11.0. The van der Waals surface area contributed by atoms with Crippen LogP contribution >= 0.6 is 0 Å². The number of hydrogen-bond donors (Lipinski definition) is 3. The van der Waals surface area contributed by atoms with Crippen molar-refractivity contribution in [3.8, 4) is 0 Å². The van der Waals surface area contributed by atoms with Gasteiger partial charge in [0.05, 0.1) is 28.9 Å². The van der Waals surface area contributed by atoms with Crippen LogP contribution < -0.4 is 15.5 Å². The number of carbonyl (C=O) groups is 2. The minimum absolute atomic E-state index is 0.0555. The lowest BCUT2D eigenvalue weighted by Crippen LogP contribution is -2.42. The van der Waals surface area contributed by atoms with Crippen LogP contribution in [0.2, 0.25) is 0 Å². The van der Waals surface area contributed by atoms with Gasteiger partial charge in [0.2, 0.25) is 5.91 Å². The van der Waals surface area contributed by atoms with Gasteiger partial charge in [-0.25, -0.2) is 4.39 Å². The molecule has 6 rings (SSSR count). The Bertz CT molecular complexity index is 1790. The summed E-state index contributed by atoms with van der Waals surface area (Å²) in [4.78, 5) is 43.6. The summed E-state index contributed by atoms with van der Waals surface area (Å²) in [5.74, 6) is -0.656. The summed E-state index contributed by atoms with van der Waals surface area (Å²) in [6.45, 7) is 4.31. The first-order chi connectivity index (χ1) is 20.6. The van der Waals surface area contributed by atoms with E-state index in [9.17, 15) is 24.1 Å². The number of allylic oxidation sites excluding steroid dienone is 1. The number of halogens is 1. The number of amides is 1. The first-order valence-corrected chi connectivity index (χ1v) is 14.3. The minimum atomic E-state index is -0.725. The number of carbonyl (C=O) groups excluding carboxylic acids is 2. The number of benzene rings is 3. The van der Waals surface area contributed by atoms with Crippen LogP contribution in [0.1, 0.15) is 43.9 Å². The van der Waals surface area contributed by atoms with E-state index in [0.29, 0.717) is 42.6 Å². The number of para-hydroxylation sites is 2. The molecule has 1 unspecified atom stereocenters. The maximum absolute atomic E-state index is 13.8. The van der Waals surface area contributed by atoms with Gasteiger partial charge < -0.3 is 20.5 Å². The minimum Gasteiger partial charge on any atom is -0.361 e. The number of Topliss-reactive ketones (excluding diaryl/α,β-unsaturated/α-hetero) is 1. The highest BCUT2D eigenvalue weighted by molar-refractivity contribution is 6.02. The molecule has 0 radical (unpaired) electrons. The summed E-state index contributed by atoms with van der Waals surface area (Å²) in [6.07, 6.45) is 3.24. The maximum atomic E-state index is 13.8. The zero-order valence-electron chi connectivity index (χ0n) is 23.9. The molecule has 220 valence electrons. The molecule has 10 heteroatoms. The first kappa shape index (κ1) is 28.1. The Labute approximate surface area is 247 Å². The molecule has 1 aliphatic heterocycles. The van der Waals surface area contributed by atoms with E-state index in [-0.39, 0.29) is 35.2 Å². The van der Waals surface area contributed by atoms with Gasteiger partial charge in [0.1, 0.15) is 5.82 Å². The van der Waals surface area contributed by atoms with Gasteiger partial charge in [-0.3, -0.25) is 19.7 Å². The summed E-state index contributed by atoms with van der Waals surface area (Å²) >= 11 is 0. The van der Waals surface area contributed by atoms with Crippen LogP contribution in [0.4, 0.5) is 21.5 Å². The molecule has 1 amide bonds. The third kappa shape index (κ3) is 5.60. The molecular formula is C33H32FN5O4. The fourth-order valence-electron chi connectivity index (χ4n) is 6.29. The van der Waals surface area contributed by atoms with E-state index in [1.807, 2.05) is 49.2 Å². The van der Waals surface area contributed by atoms with Crippen molar-refractivity contribution < 1.29 is 18.9 Å². The van der Waals surface area contributed by atoms with Crippen molar-refractivity contribution in [3.05, 3.63) is 111 Å². The second-order valence-corrected chi connectivity index (χ2v) is 12.0. The number of fused-ring (bicyclic) bond motifs is 2. The number of aromatic nitrogens is 1. The van der Waals surface area contributed by atoms with Gasteiger partial charge in [0, 0.05) is 53.5 Å². The molecule has 0 saturated heterocycles. The van der Waals surface area contributed by atoms with E-state index in [1.165, 1.54) is 24.3 Å². The topological polar surface area (TPSA) is 120 Å². The standard InChI is InChI=1S/C33H32FN5O4/c1-33(2)16-27-31(29(40)17-33)32(20-6-5-7-23(14-20)39(42)43)38(28-9-4-3-8-26(28)37-27)19-30(41)35-13-12-21-18-36-25-11-10-22(34)15-24(21)25/h3-11,14-15,18,32,36-37H,12-13,16-17,19H2,1-2H3,(H,35,41). The number of nitrogens with one attached hydrogen (secondary N) is 3. The number of nitro benzene ring substituents is 1. The molecule has 3 N–H and O–H groups in total. The van der Waals surface area contributed by atoms with Gasteiger partial charge in [-0.2, -0.15) is 0 Å². The molecule has 0 bridgehead atoms. The lowest BCUT2D eigenvalue weighted by atomic mass is 9.73. The molecule has 0 saturated carbocycles. The molecule has 2 aliphatic rings. The third-order valence-corrected chi connectivity index (χ3v) is 8.16. The quantitative estimate of drug-likeness (QED) is 0.177. The molecule has 1 aromatic heterocycles. The van der Waals surface area contributed by atoms with Crippen LogP contribution in [0.15, 0.2) is 84.2 Å². The summed E-state index contributed by atoms with van der Waals surface area (Å²) in [6, 6.07) is 17.6. The highest BCUT2D eigenvalue weighted by Crippen LogP contribution is 2.48. The Morgan fingerprint density at radius 2 is 1.93 bits per heavy atom. The van der Waals surface area contributed by atoms with Crippen LogP contribution in [-0.4, -0.2) is 34.7 Å². The van der Waals surface area contributed by atoms with Gasteiger partial charge in [0.15, 0.2) is 5.78 Å². The molecular weight excluding hydrogens is 549 g/mol. The summed E-state index contributed by atoms with van der Waals surface area (Å²) in [5, 5.41) is 19.0. The van der Waals surface area contributed by atoms with Gasteiger partial charge >= 0.3 is 0 Å². The average molecular weight is 582 g/mol. The molecule has 43 heavy (non-hydrogen) atoms. The Balaban J connectivity index is 1.35. The van der Waals surface area contributed by atoms with Crippen molar-refractivity contribution in [1.82, 2.24) is 10.3 Å². The van der Waals surface area contributed by atoms with E-state index in [2.05, 4.69) is 15.6 Å². The van der Waals surface area contributed by atoms with Gasteiger partial charge in [-0.1, -0.05) is 38.1 Å². The lowest BCUT2D eigenvalue weighted by molar-refractivity contribution is -0.384. The molecule has 2 heterocycles. The number of ketones is 1. The summed E-state index contributed by atoms with van der Waals surface area (Å²) in [5.41, 5.74) is 4.64. The Morgan fingerprint density at radius 3 is 2.74 bits per heavy atom. The highest BCUT2D eigenvalue weighted by atomic mass is 19.1. The number of non-ortho nitro benzene ring substituents is 1. The van der Waals surface area contributed by atoms with Crippen LogP contribution in [0.5, 0.6) is 0 Å². The van der Waals surface area contributed by atoms with Crippen LogP contribution in [0, 0.1) is 21.3 Å². The van der Waals surface area contributed by atoms with Crippen molar-refractivity contribution in [2.45, 2.75) is 39.2 Å². The molecule has 4 aromatic rings. The molecule has 0 spiro atoms. The third-order valence-electron chi connectivity index (χ3n) is 8.16. The zero-order valence-corrected chi connectivity index (χ0v) is 23.9. The monoisotopic (exact) mass is 581 g/mol. The van der Waals surface area contributed by atoms with Crippen molar-refractivity contribution in [2.24, 2.45) is 5.41 Å². The summed E-state index contributed by atoms with van der Waals surface area (Å²) in [7, 11) is 0. The molecule has 1 aliphatic carbocycles. The Morgan fingerprint density at radius 1 is 1.12 bits per heavy atom. The van der Waals surface area contributed by atoms with Crippen molar-refractivity contribution in [1.29, 1.82) is 0 Å². The van der Waals surface area contributed by atoms with Crippen LogP contribution in [0.25, 0.3) is 10.9 Å². The number of aromatic amines is 1. The van der Waals surface area contributed by atoms with Gasteiger partial charge in [0.25, 0.3) is 5.69 Å². The van der Waals surface area contributed by atoms with Gasteiger partial charge in [-0.15, -0.1) is 0 Å². The molecule has 3 aromatic carbocycles. The first-order valence-electron chi connectivity index (χ1n) is 14.3. The van der Waals surface area contributed by atoms with E-state index in [1.54, 1.807) is 18.2 Å². The number of anilines is 2. The SMILES string of the molecule is CC1(C)CC(=O)C2=C(C1)Nc1ccccc1N(CC(=O)NCCc1c[nH]c3ccc(F)cc13)C2c1cccc([N+](=O)[O-])c1. The van der Waals surface area contributed by atoms with Crippen molar-refractivity contribution >= 4 is 39.7 Å². The number of hydrogen-bond acceptors (Lipinski definition) is 6. The van der Waals surface area contributed by atoms with Gasteiger partial charge in [-0.05, 0) is 59.7 Å². The van der Waals surface area contributed by atoms with E-state index >= 15 is 0 Å². The fraction of sp³-hybridized carbons (Fsp3) is 0.273. The van der Waals surface area contributed by atoms with E-state index in [4.69, 9.17) is 0 Å². The molecule has 9 nitrogen and oxygen atoms in total. The number of rotatable bonds is 7. The predicted octanol–water partition coefficient (Wildman–Crippen LogP) is 6.19. The van der Waals surface area contributed by atoms with E-state index < -0.39 is 11.0 Å². The normalized spacial score (nSPS) is 17.6. The lowest BCUT2D eigenvalue weighted by Gasteiger charge is -2.37. The predicted molar refractivity (Wildman–Crippen MR) is 163 cm³/mol. The highest BCUT2D eigenvalue weighted by Gasteiger charge is 2.42. The van der Waals surface area contributed by atoms with Crippen LogP contribution in [0.3, 0.4) is 0 Å². The Hall–Kier alpha value is -4.99. The largest absolute Gasteiger partial charge is 0.361 e. The fourth-order valence-corrected chi connectivity index (χ4v) is 6.29. The van der Waals surface area contributed by atoms with E-state index in [0.717, 1.165) is 27.9 Å². The van der Waals surface area contributed by atoms with Crippen molar-refractivity contribution in [3.63, 3.8) is 0 Å². The smallest absolute Gasteiger partial charge is 0.269 e. The molecule has 1 atom stereocenters. The summed E-state index contributed by atoms with van der Waals surface area (Å²) < 4.78 is 13.8. The molecule has 0 fully saturated rings. The average Bonchev–Trinajstić information content (AvgIpc) is 3.29. The van der Waals surface area contributed by atoms with Crippen LogP contribution in [-0.2, 0) is 16.0 Å².